The van der Waals surface area contributed by atoms with E-state index < -0.39 is 5.54 Å². The van der Waals surface area contributed by atoms with Crippen molar-refractivity contribution in [3.8, 4) is 0 Å². The molecule has 0 spiro atoms. The van der Waals surface area contributed by atoms with Gasteiger partial charge in [0.2, 0.25) is 5.91 Å². The zero-order chi connectivity index (χ0) is 17.0. The minimum absolute atomic E-state index is 0. The Hall–Kier alpha value is -1.36. The molecule has 0 saturated heterocycles. The molecule has 2 aromatic carbocycles. The average Bonchev–Trinajstić information content (AvgIpc) is 2.54. The molecule has 24 heavy (non-hydrogen) atoms. The van der Waals surface area contributed by atoms with Crippen molar-refractivity contribution in [3.05, 3.63) is 70.2 Å². The Kier molecular flexibility index (Phi) is 7.46. The minimum Gasteiger partial charge on any atom is -0.347 e. The molecule has 2 rings (SSSR count). The topological polar surface area (TPSA) is 55.1 Å². The second kappa shape index (κ2) is 8.65. The van der Waals surface area contributed by atoms with Crippen molar-refractivity contribution < 1.29 is 4.79 Å². The van der Waals surface area contributed by atoms with Crippen LogP contribution < -0.4 is 11.1 Å². The average molecular weight is 412 g/mol. The fourth-order valence-electron chi connectivity index (χ4n) is 2.49. The largest absolute Gasteiger partial charge is 0.347 e. The molecule has 2 atom stereocenters. The summed E-state index contributed by atoms with van der Waals surface area (Å²) in [4.78, 5) is 12.6. The smallest absolute Gasteiger partial charge is 0.225 e. The number of amides is 1. The predicted molar refractivity (Wildman–Crippen MR) is 105 cm³/mol. The van der Waals surface area contributed by atoms with Crippen molar-refractivity contribution in [2.24, 2.45) is 11.7 Å². The first-order valence-electron chi connectivity index (χ1n) is 7.70. The standard InChI is InChI=1S/C19H23BrN2O.ClH/c1-13(17(21)14-7-5-4-6-8-14)18(23)22-19(2,3)15-9-11-16(20)12-10-15;/h4-13,17H,21H2,1-3H3,(H,22,23);1H. The van der Waals surface area contributed by atoms with Crippen LogP contribution in [0.2, 0.25) is 0 Å². The van der Waals surface area contributed by atoms with E-state index in [1.807, 2.05) is 75.4 Å². The van der Waals surface area contributed by atoms with Crippen LogP contribution in [0.1, 0.15) is 37.9 Å². The Morgan fingerprint density at radius 2 is 1.62 bits per heavy atom. The van der Waals surface area contributed by atoms with Gasteiger partial charge >= 0.3 is 0 Å². The lowest BCUT2D eigenvalue weighted by atomic mass is 9.90. The molecule has 2 unspecified atom stereocenters. The number of halogens is 2. The summed E-state index contributed by atoms with van der Waals surface area (Å²) in [5.41, 5.74) is 7.81. The first-order chi connectivity index (χ1) is 10.8. The monoisotopic (exact) mass is 410 g/mol. The lowest BCUT2D eigenvalue weighted by molar-refractivity contribution is -0.126. The van der Waals surface area contributed by atoms with Crippen LogP contribution in [0.5, 0.6) is 0 Å². The number of hydrogen-bond acceptors (Lipinski definition) is 2. The second-order valence-corrected chi connectivity index (χ2v) is 7.26. The predicted octanol–water partition coefficient (Wildman–Crippen LogP) is 4.56. The van der Waals surface area contributed by atoms with E-state index in [4.69, 9.17) is 5.73 Å². The van der Waals surface area contributed by atoms with Gasteiger partial charge in [-0.2, -0.15) is 0 Å². The van der Waals surface area contributed by atoms with Gasteiger partial charge in [-0.1, -0.05) is 65.3 Å². The van der Waals surface area contributed by atoms with Crippen molar-refractivity contribution in [3.63, 3.8) is 0 Å². The summed E-state index contributed by atoms with van der Waals surface area (Å²) in [5, 5.41) is 3.11. The molecule has 130 valence electrons. The summed E-state index contributed by atoms with van der Waals surface area (Å²) in [6, 6.07) is 17.4. The molecule has 0 heterocycles. The van der Waals surface area contributed by atoms with E-state index in [1.165, 1.54) is 0 Å². The maximum Gasteiger partial charge on any atom is 0.225 e. The Balaban J connectivity index is 0.00000288. The van der Waals surface area contributed by atoms with Gasteiger partial charge in [0.1, 0.15) is 0 Å². The van der Waals surface area contributed by atoms with Crippen LogP contribution in [0, 0.1) is 5.92 Å². The molecule has 0 bridgehead atoms. The highest BCUT2D eigenvalue weighted by Gasteiger charge is 2.28. The van der Waals surface area contributed by atoms with Crippen molar-refractivity contribution in [2.75, 3.05) is 0 Å². The third kappa shape index (κ3) is 5.07. The zero-order valence-corrected chi connectivity index (χ0v) is 16.5. The number of benzene rings is 2. The van der Waals surface area contributed by atoms with Crippen LogP contribution >= 0.6 is 28.3 Å². The highest BCUT2D eigenvalue weighted by atomic mass is 79.9. The van der Waals surface area contributed by atoms with Gasteiger partial charge in [0, 0.05) is 10.5 Å². The van der Waals surface area contributed by atoms with E-state index in [2.05, 4.69) is 21.2 Å². The summed E-state index contributed by atoms with van der Waals surface area (Å²) < 4.78 is 1.02. The van der Waals surface area contributed by atoms with Crippen LogP contribution in [0.3, 0.4) is 0 Å². The van der Waals surface area contributed by atoms with Crippen molar-refractivity contribution in [1.82, 2.24) is 5.32 Å². The molecule has 0 aliphatic carbocycles. The number of carbonyl (C=O) groups is 1. The lowest BCUT2D eigenvalue weighted by Gasteiger charge is -2.30. The molecule has 0 aliphatic heterocycles. The van der Waals surface area contributed by atoms with Gasteiger partial charge < -0.3 is 11.1 Å². The number of nitrogens with one attached hydrogen (secondary N) is 1. The van der Waals surface area contributed by atoms with E-state index in [-0.39, 0.29) is 30.3 Å². The van der Waals surface area contributed by atoms with Crippen LogP contribution in [-0.4, -0.2) is 5.91 Å². The van der Waals surface area contributed by atoms with Crippen LogP contribution in [0.25, 0.3) is 0 Å². The number of rotatable bonds is 5. The van der Waals surface area contributed by atoms with Crippen LogP contribution in [-0.2, 0) is 10.3 Å². The first-order valence-corrected chi connectivity index (χ1v) is 8.49. The minimum atomic E-state index is -0.456. The molecule has 0 aliphatic rings. The number of hydrogen-bond donors (Lipinski definition) is 2. The van der Waals surface area contributed by atoms with Crippen LogP contribution in [0.4, 0.5) is 0 Å². The van der Waals surface area contributed by atoms with Crippen molar-refractivity contribution in [1.29, 1.82) is 0 Å². The zero-order valence-electron chi connectivity index (χ0n) is 14.1. The molecule has 2 aromatic rings. The number of nitrogens with two attached hydrogens (primary N) is 1. The second-order valence-electron chi connectivity index (χ2n) is 6.35. The molecular formula is C19H24BrClN2O. The van der Waals surface area contributed by atoms with Crippen molar-refractivity contribution in [2.45, 2.75) is 32.4 Å². The summed E-state index contributed by atoms with van der Waals surface area (Å²) in [5.74, 6) is -0.360. The lowest BCUT2D eigenvalue weighted by Crippen LogP contribution is -2.45. The normalized spacial score (nSPS) is 13.5. The van der Waals surface area contributed by atoms with E-state index in [1.54, 1.807) is 0 Å². The van der Waals surface area contributed by atoms with Gasteiger partial charge in [-0.3, -0.25) is 4.79 Å². The first kappa shape index (κ1) is 20.7. The Labute approximate surface area is 158 Å². The maximum atomic E-state index is 12.6. The summed E-state index contributed by atoms with van der Waals surface area (Å²) in [7, 11) is 0. The van der Waals surface area contributed by atoms with E-state index >= 15 is 0 Å². The summed E-state index contributed by atoms with van der Waals surface area (Å²) in [6.07, 6.45) is 0. The molecule has 0 saturated carbocycles. The molecular weight excluding hydrogens is 388 g/mol. The molecule has 0 fully saturated rings. The van der Waals surface area contributed by atoms with Gasteiger partial charge in [0.15, 0.2) is 0 Å². The van der Waals surface area contributed by atoms with Gasteiger partial charge in [-0.05, 0) is 37.1 Å². The molecule has 3 nitrogen and oxygen atoms in total. The molecule has 1 amide bonds. The Morgan fingerprint density at radius 3 is 2.17 bits per heavy atom. The fourth-order valence-corrected chi connectivity index (χ4v) is 2.75. The van der Waals surface area contributed by atoms with E-state index in [0.717, 1.165) is 15.6 Å². The maximum absolute atomic E-state index is 12.6. The van der Waals surface area contributed by atoms with Crippen molar-refractivity contribution >= 4 is 34.2 Å². The Bertz CT molecular complexity index is 659. The molecule has 0 radical (unpaired) electrons. The molecule has 3 N–H and O–H groups in total. The van der Waals surface area contributed by atoms with Crippen LogP contribution in [0.15, 0.2) is 59.1 Å². The Morgan fingerprint density at radius 1 is 1.08 bits per heavy atom. The molecule has 0 aromatic heterocycles. The quantitative estimate of drug-likeness (QED) is 0.758. The fraction of sp³-hybridized carbons (Fsp3) is 0.316. The van der Waals surface area contributed by atoms with Gasteiger partial charge in [-0.25, -0.2) is 0 Å². The SMILES string of the molecule is CC(C(=O)NC(C)(C)c1ccc(Br)cc1)C(N)c1ccccc1.Cl. The molecule has 5 heteroatoms. The van der Waals surface area contributed by atoms with Gasteiger partial charge in [0.25, 0.3) is 0 Å². The van der Waals surface area contributed by atoms with E-state index in [9.17, 15) is 4.79 Å². The summed E-state index contributed by atoms with van der Waals surface area (Å²) >= 11 is 3.43. The highest BCUT2D eigenvalue weighted by molar-refractivity contribution is 9.10. The number of carbonyl (C=O) groups excluding carboxylic acids is 1. The highest BCUT2D eigenvalue weighted by Crippen LogP contribution is 2.25. The van der Waals surface area contributed by atoms with Gasteiger partial charge in [-0.15, -0.1) is 12.4 Å². The summed E-state index contributed by atoms with van der Waals surface area (Å²) in [6.45, 7) is 5.86. The third-order valence-electron chi connectivity index (χ3n) is 4.14. The van der Waals surface area contributed by atoms with E-state index in [0.29, 0.717) is 0 Å². The third-order valence-corrected chi connectivity index (χ3v) is 4.67. The van der Waals surface area contributed by atoms with Gasteiger partial charge in [0.05, 0.1) is 11.5 Å².